The van der Waals surface area contributed by atoms with Gasteiger partial charge in [0.1, 0.15) is 0 Å². The minimum atomic E-state index is -1.01. The zero-order valence-electron chi connectivity index (χ0n) is 9.91. The van der Waals surface area contributed by atoms with E-state index in [0.717, 1.165) is 12.8 Å². The second kappa shape index (κ2) is 7.65. The van der Waals surface area contributed by atoms with Crippen LogP contribution in [0.2, 0.25) is 0 Å². The van der Waals surface area contributed by atoms with Crippen LogP contribution in [0.15, 0.2) is 0 Å². The second-order valence-corrected chi connectivity index (χ2v) is 3.64. The Labute approximate surface area is 91.6 Å². The molecule has 0 unspecified atom stereocenters. The van der Waals surface area contributed by atoms with Crippen molar-refractivity contribution in [1.29, 1.82) is 0 Å². The van der Waals surface area contributed by atoms with E-state index >= 15 is 0 Å². The van der Waals surface area contributed by atoms with Gasteiger partial charge in [-0.2, -0.15) is 0 Å². The lowest BCUT2D eigenvalue weighted by molar-refractivity contribution is -0.170. The zero-order chi connectivity index (χ0) is 11.7. The molecule has 0 aliphatic carbocycles. The highest BCUT2D eigenvalue weighted by atomic mass is 16.5. The minimum absolute atomic E-state index is 0.336. The van der Waals surface area contributed by atoms with E-state index in [1.165, 1.54) is 0 Å². The molecule has 0 aromatic heterocycles. The van der Waals surface area contributed by atoms with Crippen LogP contribution in [0.3, 0.4) is 0 Å². The van der Waals surface area contributed by atoms with Crippen molar-refractivity contribution >= 4 is 5.97 Å². The largest absolute Gasteiger partial charge is 0.479 e. The summed E-state index contributed by atoms with van der Waals surface area (Å²) in [5, 5.41) is 9.22. The molecule has 0 saturated heterocycles. The van der Waals surface area contributed by atoms with Crippen molar-refractivity contribution in [3.8, 4) is 0 Å². The molecule has 0 bridgehead atoms. The Balaban J connectivity index is 4.40. The molecule has 90 valence electrons. The maximum absolute atomic E-state index is 11.2. The molecule has 0 radical (unpaired) electrons. The van der Waals surface area contributed by atoms with Gasteiger partial charge in [-0.25, -0.2) is 4.79 Å². The van der Waals surface area contributed by atoms with Crippen molar-refractivity contribution in [3.05, 3.63) is 0 Å². The molecule has 0 fully saturated rings. The molecule has 0 spiro atoms. The molecule has 0 aromatic carbocycles. The van der Waals surface area contributed by atoms with Gasteiger partial charge in [0.25, 0.3) is 0 Å². The normalized spacial score (nSPS) is 11.7. The molecular weight excluding hydrogens is 196 g/mol. The van der Waals surface area contributed by atoms with Crippen molar-refractivity contribution in [2.24, 2.45) is 0 Å². The van der Waals surface area contributed by atoms with Gasteiger partial charge in [0.15, 0.2) is 5.60 Å². The van der Waals surface area contributed by atoms with Gasteiger partial charge in [0.05, 0.1) is 13.2 Å². The number of aliphatic carboxylic acids is 1. The van der Waals surface area contributed by atoms with Crippen LogP contribution in [0.25, 0.3) is 0 Å². The maximum atomic E-state index is 11.2. The van der Waals surface area contributed by atoms with Gasteiger partial charge >= 0.3 is 5.97 Å². The molecule has 0 rings (SSSR count). The number of ether oxygens (including phenoxy) is 2. The van der Waals surface area contributed by atoms with Crippen LogP contribution in [0, 0.1) is 0 Å². The number of carboxylic acids is 1. The Morgan fingerprint density at radius 2 is 1.73 bits per heavy atom. The summed E-state index contributed by atoms with van der Waals surface area (Å²) < 4.78 is 10.3. The minimum Gasteiger partial charge on any atom is -0.479 e. The lowest BCUT2D eigenvalue weighted by Crippen LogP contribution is -2.42. The lowest BCUT2D eigenvalue weighted by Gasteiger charge is -2.29. The van der Waals surface area contributed by atoms with Crippen molar-refractivity contribution < 1.29 is 19.4 Å². The smallest absolute Gasteiger partial charge is 0.335 e. The van der Waals surface area contributed by atoms with Crippen LogP contribution in [0.5, 0.6) is 0 Å². The summed E-state index contributed by atoms with van der Waals surface area (Å²) in [4.78, 5) is 11.2. The van der Waals surface area contributed by atoms with Crippen LogP contribution in [-0.4, -0.2) is 37.0 Å². The van der Waals surface area contributed by atoms with E-state index in [2.05, 4.69) is 0 Å². The summed E-state index contributed by atoms with van der Waals surface area (Å²) in [6.07, 6.45) is 2.72. The number of carbonyl (C=O) groups is 1. The van der Waals surface area contributed by atoms with Crippen molar-refractivity contribution in [3.63, 3.8) is 0 Å². The van der Waals surface area contributed by atoms with E-state index < -0.39 is 11.6 Å². The Hall–Kier alpha value is -0.610. The van der Waals surface area contributed by atoms with Crippen molar-refractivity contribution in [2.45, 2.75) is 45.1 Å². The van der Waals surface area contributed by atoms with E-state index in [9.17, 15) is 9.90 Å². The summed E-state index contributed by atoms with van der Waals surface area (Å²) in [7, 11) is 1.57. The van der Waals surface area contributed by atoms with E-state index in [1.54, 1.807) is 7.11 Å². The first-order valence-corrected chi connectivity index (χ1v) is 5.49. The molecule has 0 heterocycles. The quantitative estimate of drug-likeness (QED) is 0.602. The maximum Gasteiger partial charge on any atom is 0.335 e. The Morgan fingerprint density at radius 1 is 1.20 bits per heavy atom. The van der Waals surface area contributed by atoms with Crippen LogP contribution >= 0.6 is 0 Å². The number of rotatable bonds is 9. The van der Waals surface area contributed by atoms with Gasteiger partial charge in [-0.05, 0) is 12.8 Å². The summed E-state index contributed by atoms with van der Waals surface area (Å²) in [5.41, 5.74) is -1.01. The van der Waals surface area contributed by atoms with E-state index in [-0.39, 0.29) is 0 Å². The summed E-state index contributed by atoms with van der Waals surface area (Å²) in [6, 6.07) is 0. The highest BCUT2D eigenvalue weighted by molar-refractivity contribution is 5.77. The van der Waals surface area contributed by atoms with Crippen LogP contribution in [-0.2, 0) is 14.3 Å². The zero-order valence-corrected chi connectivity index (χ0v) is 9.91. The molecule has 4 nitrogen and oxygen atoms in total. The molecule has 0 aliphatic heterocycles. The van der Waals surface area contributed by atoms with Crippen LogP contribution < -0.4 is 0 Å². The van der Waals surface area contributed by atoms with Crippen LogP contribution in [0.1, 0.15) is 39.5 Å². The topological polar surface area (TPSA) is 55.8 Å². The van der Waals surface area contributed by atoms with Crippen LogP contribution in [0.4, 0.5) is 0 Å². The highest BCUT2D eigenvalue weighted by Crippen LogP contribution is 2.24. The van der Waals surface area contributed by atoms with E-state index in [0.29, 0.717) is 26.1 Å². The van der Waals surface area contributed by atoms with Crippen molar-refractivity contribution in [2.75, 3.05) is 20.3 Å². The third kappa shape index (κ3) is 4.62. The fourth-order valence-electron chi connectivity index (χ4n) is 1.67. The van der Waals surface area contributed by atoms with Gasteiger partial charge in [-0.15, -0.1) is 0 Å². The van der Waals surface area contributed by atoms with E-state index in [4.69, 9.17) is 9.47 Å². The lowest BCUT2D eigenvalue weighted by atomic mass is 9.92. The third-order valence-electron chi connectivity index (χ3n) is 2.36. The molecule has 0 amide bonds. The van der Waals surface area contributed by atoms with Gasteiger partial charge in [-0.1, -0.05) is 26.7 Å². The average Bonchev–Trinajstić information content (AvgIpc) is 2.18. The van der Waals surface area contributed by atoms with Gasteiger partial charge in [0.2, 0.25) is 0 Å². The SMILES string of the molecule is CCCC(CCC)(OCCOC)C(=O)O. The predicted octanol–water partition coefficient (Wildman–Crippen LogP) is 2.07. The molecule has 1 N–H and O–H groups in total. The summed E-state index contributed by atoms with van der Waals surface area (Å²) >= 11 is 0. The van der Waals surface area contributed by atoms with Gasteiger partial charge in [-0.3, -0.25) is 0 Å². The first-order valence-electron chi connectivity index (χ1n) is 5.49. The first kappa shape index (κ1) is 14.4. The monoisotopic (exact) mass is 218 g/mol. The molecular formula is C11H22O4. The molecule has 0 saturated carbocycles. The fraction of sp³-hybridized carbons (Fsp3) is 0.909. The second-order valence-electron chi connectivity index (χ2n) is 3.64. The predicted molar refractivity (Wildman–Crippen MR) is 58.0 cm³/mol. The Morgan fingerprint density at radius 3 is 2.07 bits per heavy atom. The molecule has 4 heteroatoms. The standard InChI is InChI=1S/C11H22O4/c1-4-6-11(7-5-2,10(12)13)15-9-8-14-3/h4-9H2,1-3H3,(H,12,13). The first-order chi connectivity index (χ1) is 7.13. The summed E-state index contributed by atoms with van der Waals surface area (Å²) in [5.74, 6) is -0.859. The number of hydrogen-bond donors (Lipinski definition) is 1. The van der Waals surface area contributed by atoms with Crippen molar-refractivity contribution in [1.82, 2.24) is 0 Å². The summed E-state index contributed by atoms with van der Waals surface area (Å²) in [6.45, 7) is 4.70. The number of carboxylic acid groups (broad SMARTS) is 1. The molecule has 0 aliphatic rings. The highest BCUT2D eigenvalue weighted by Gasteiger charge is 2.37. The van der Waals surface area contributed by atoms with Gasteiger partial charge in [0, 0.05) is 7.11 Å². The molecule has 0 aromatic rings. The van der Waals surface area contributed by atoms with E-state index in [1.807, 2.05) is 13.8 Å². The van der Waals surface area contributed by atoms with Gasteiger partial charge < -0.3 is 14.6 Å². The number of hydrogen-bond acceptors (Lipinski definition) is 3. The Bertz CT molecular complexity index is 173. The molecule has 0 atom stereocenters. The Kier molecular flexibility index (Phi) is 7.34. The third-order valence-corrected chi connectivity index (χ3v) is 2.36. The fourth-order valence-corrected chi connectivity index (χ4v) is 1.67. The molecule has 15 heavy (non-hydrogen) atoms. The number of methoxy groups -OCH3 is 1. The average molecular weight is 218 g/mol.